The molecule has 1 aliphatic carbocycles. The number of fused-ring (bicyclic) bond motifs is 7. The fraction of sp³-hybridized carbons (Fsp3) is 0.0714. The highest BCUT2D eigenvalue weighted by Gasteiger charge is 2.39. The Morgan fingerprint density at radius 3 is 2.09 bits per heavy atom. The van der Waals surface area contributed by atoms with Crippen molar-refractivity contribution in [3.63, 3.8) is 0 Å². The van der Waals surface area contributed by atoms with Crippen LogP contribution in [0.2, 0.25) is 0 Å². The average Bonchev–Trinajstić information content (AvgIpc) is 3.33. The van der Waals surface area contributed by atoms with Crippen LogP contribution in [0.3, 0.4) is 0 Å². The summed E-state index contributed by atoms with van der Waals surface area (Å²) >= 11 is 0. The number of nitrogens with zero attached hydrogens (tertiary/aromatic N) is 1. The van der Waals surface area contributed by atoms with Gasteiger partial charge in [0.2, 0.25) is 0 Å². The van der Waals surface area contributed by atoms with E-state index in [1.54, 1.807) is 0 Å². The van der Waals surface area contributed by atoms with Crippen molar-refractivity contribution < 1.29 is 9.47 Å². The van der Waals surface area contributed by atoms with Gasteiger partial charge < -0.3 is 9.47 Å². The van der Waals surface area contributed by atoms with E-state index in [4.69, 9.17) is 14.5 Å². The monoisotopic (exact) mass is 579 g/mol. The van der Waals surface area contributed by atoms with E-state index in [1.807, 2.05) is 24.3 Å². The van der Waals surface area contributed by atoms with Gasteiger partial charge in [-0.3, -0.25) is 0 Å². The van der Waals surface area contributed by atoms with Crippen LogP contribution in [0.5, 0.6) is 23.0 Å². The Morgan fingerprint density at radius 1 is 0.467 bits per heavy atom. The molecule has 2 aliphatic rings. The lowest BCUT2D eigenvalue weighted by Gasteiger charge is -2.26. The van der Waals surface area contributed by atoms with E-state index in [-0.39, 0.29) is 5.41 Å². The van der Waals surface area contributed by atoms with Crippen molar-refractivity contribution in [3.8, 4) is 67.8 Å². The van der Waals surface area contributed by atoms with Crippen molar-refractivity contribution >= 4 is 10.8 Å². The molecule has 0 saturated heterocycles. The molecule has 0 amide bonds. The summed E-state index contributed by atoms with van der Waals surface area (Å²) in [5.41, 5.74) is 10.6. The summed E-state index contributed by atoms with van der Waals surface area (Å²) < 4.78 is 13.5. The Morgan fingerprint density at radius 2 is 1.20 bits per heavy atom. The lowest BCUT2D eigenvalue weighted by molar-refractivity contribution is 0.361. The smallest absolute Gasteiger partial charge is 0.179 e. The first-order valence-corrected chi connectivity index (χ1v) is 15.4. The molecule has 7 aromatic rings. The van der Waals surface area contributed by atoms with E-state index in [9.17, 15) is 0 Å². The predicted octanol–water partition coefficient (Wildman–Crippen LogP) is 11.4. The van der Waals surface area contributed by atoms with Gasteiger partial charge in [-0.15, -0.1) is 0 Å². The number of pyridine rings is 1. The molecule has 3 heteroatoms. The zero-order valence-electron chi connectivity index (χ0n) is 25.0. The average molecular weight is 580 g/mol. The second-order valence-electron chi connectivity index (χ2n) is 12.4. The molecule has 0 unspecified atom stereocenters. The van der Waals surface area contributed by atoms with Crippen LogP contribution in [0, 0.1) is 0 Å². The summed E-state index contributed by atoms with van der Waals surface area (Å²) in [6, 6.07) is 48.7. The molecule has 9 rings (SSSR count). The number of aromatic nitrogens is 1. The molecule has 6 aromatic carbocycles. The first kappa shape index (κ1) is 25.8. The Bertz CT molecular complexity index is 2300. The Hall–Kier alpha value is -5.67. The van der Waals surface area contributed by atoms with Gasteiger partial charge in [0.25, 0.3) is 0 Å². The van der Waals surface area contributed by atoms with E-state index < -0.39 is 0 Å². The molecule has 214 valence electrons. The maximum absolute atomic E-state index is 6.94. The maximum atomic E-state index is 6.94. The molecular weight excluding hydrogens is 550 g/mol. The summed E-state index contributed by atoms with van der Waals surface area (Å²) in [7, 11) is 0. The number of para-hydroxylation sites is 1. The minimum Gasteiger partial charge on any atom is -0.449 e. The third kappa shape index (κ3) is 4.01. The Labute approximate surface area is 262 Å². The van der Waals surface area contributed by atoms with Gasteiger partial charge in [0.15, 0.2) is 23.0 Å². The van der Waals surface area contributed by atoms with E-state index in [0.717, 1.165) is 50.7 Å². The van der Waals surface area contributed by atoms with Crippen molar-refractivity contribution in [2.45, 2.75) is 19.3 Å². The standard InChI is InChI=1S/C42H29NO2/c1-42(2)33-17-9-8-15-31(33)39-34(42)21-22-38-41(39)45-40-32(16-10-18-37(40)44-38)36-25-30(26-11-4-3-5-12-26)24-35(43-36)29-20-19-27-13-6-7-14-28(27)23-29/h3-25H,1-2H3. The van der Waals surface area contributed by atoms with E-state index >= 15 is 0 Å². The lowest BCUT2D eigenvalue weighted by atomic mass is 9.82. The molecule has 0 fully saturated rings. The van der Waals surface area contributed by atoms with Crippen LogP contribution >= 0.6 is 0 Å². The number of benzene rings is 6. The summed E-state index contributed by atoms with van der Waals surface area (Å²) in [6.45, 7) is 4.56. The quantitative estimate of drug-likeness (QED) is 0.209. The fourth-order valence-corrected chi connectivity index (χ4v) is 7.01. The second-order valence-corrected chi connectivity index (χ2v) is 12.4. The number of hydrogen-bond donors (Lipinski definition) is 0. The molecule has 0 saturated carbocycles. The van der Waals surface area contributed by atoms with Gasteiger partial charge in [0, 0.05) is 22.1 Å². The molecule has 45 heavy (non-hydrogen) atoms. The Kier molecular flexibility index (Phi) is 5.54. The van der Waals surface area contributed by atoms with E-state index in [1.165, 1.54) is 27.5 Å². The predicted molar refractivity (Wildman–Crippen MR) is 182 cm³/mol. The molecular formula is C42H29NO2. The lowest BCUT2D eigenvalue weighted by Crippen LogP contribution is -2.15. The van der Waals surface area contributed by atoms with Crippen LogP contribution < -0.4 is 9.47 Å². The van der Waals surface area contributed by atoms with E-state index in [0.29, 0.717) is 11.5 Å². The number of hydrogen-bond acceptors (Lipinski definition) is 3. The fourth-order valence-electron chi connectivity index (χ4n) is 7.01. The summed E-state index contributed by atoms with van der Waals surface area (Å²) in [4.78, 5) is 5.27. The molecule has 0 spiro atoms. The van der Waals surface area contributed by atoms with Crippen molar-refractivity contribution in [1.82, 2.24) is 4.98 Å². The highest BCUT2D eigenvalue weighted by Crippen LogP contribution is 2.59. The SMILES string of the molecule is CC1(C)c2ccccc2-c2c1ccc1c2Oc2c(cccc2-c2cc(-c3ccccc3)cc(-c3ccc4ccccc4c3)n2)O1. The van der Waals surface area contributed by atoms with E-state index in [2.05, 4.69) is 129 Å². The molecule has 0 bridgehead atoms. The molecule has 1 aromatic heterocycles. The van der Waals surface area contributed by atoms with Gasteiger partial charge >= 0.3 is 0 Å². The van der Waals surface area contributed by atoms with Crippen LogP contribution in [0.15, 0.2) is 140 Å². The molecule has 1 aliphatic heterocycles. The normalized spacial score (nSPS) is 13.6. The van der Waals surface area contributed by atoms with Gasteiger partial charge in [-0.2, -0.15) is 0 Å². The first-order chi connectivity index (χ1) is 22.0. The van der Waals surface area contributed by atoms with Gasteiger partial charge in [-0.05, 0) is 75.0 Å². The van der Waals surface area contributed by atoms with Gasteiger partial charge in [-0.1, -0.05) is 117 Å². The largest absolute Gasteiger partial charge is 0.449 e. The van der Waals surface area contributed by atoms with Crippen LogP contribution in [0.1, 0.15) is 25.0 Å². The molecule has 0 atom stereocenters. The summed E-state index contributed by atoms with van der Waals surface area (Å²) in [5.74, 6) is 2.86. The first-order valence-electron chi connectivity index (χ1n) is 15.4. The number of ether oxygens (including phenoxy) is 2. The third-order valence-electron chi connectivity index (χ3n) is 9.32. The van der Waals surface area contributed by atoms with Gasteiger partial charge in [0.1, 0.15) is 0 Å². The van der Waals surface area contributed by atoms with Crippen molar-refractivity contribution in [2.75, 3.05) is 0 Å². The zero-order valence-corrected chi connectivity index (χ0v) is 25.0. The third-order valence-corrected chi connectivity index (χ3v) is 9.32. The van der Waals surface area contributed by atoms with Crippen LogP contribution in [-0.2, 0) is 5.41 Å². The molecule has 2 heterocycles. The van der Waals surface area contributed by atoms with Crippen molar-refractivity contribution in [3.05, 3.63) is 151 Å². The number of rotatable bonds is 3. The van der Waals surface area contributed by atoms with Crippen LogP contribution in [-0.4, -0.2) is 4.98 Å². The van der Waals surface area contributed by atoms with Gasteiger partial charge in [-0.25, -0.2) is 4.98 Å². The highest BCUT2D eigenvalue weighted by molar-refractivity contribution is 5.90. The summed E-state index contributed by atoms with van der Waals surface area (Å²) in [5, 5.41) is 2.39. The zero-order chi connectivity index (χ0) is 30.1. The summed E-state index contributed by atoms with van der Waals surface area (Å²) in [6.07, 6.45) is 0. The van der Waals surface area contributed by atoms with Crippen LogP contribution in [0.4, 0.5) is 0 Å². The van der Waals surface area contributed by atoms with Crippen molar-refractivity contribution in [2.24, 2.45) is 0 Å². The van der Waals surface area contributed by atoms with Crippen LogP contribution in [0.25, 0.3) is 55.5 Å². The molecule has 3 nitrogen and oxygen atoms in total. The minimum atomic E-state index is -0.134. The van der Waals surface area contributed by atoms with Gasteiger partial charge in [0.05, 0.1) is 11.4 Å². The topological polar surface area (TPSA) is 31.4 Å². The van der Waals surface area contributed by atoms with Crippen molar-refractivity contribution in [1.29, 1.82) is 0 Å². The molecule has 0 radical (unpaired) electrons. The minimum absolute atomic E-state index is 0.134. The maximum Gasteiger partial charge on any atom is 0.179 e. The molecule has 0 N–H and O–H groups in total. The second kappa shape index (κ2) is 9.67. The highest BCUT2D eigenvalue weighted by atomic mass is 16.6. The Balaban J connectivity index is 1.23.